The molecule has 1 heterocycles. The van der Waals surface area contributed by atoms with E-state index in [1.807, 2.05) is 18.2 Å². The number of carbonyl (C=O) groups is 1. The lowest BCUT2D eigenvalue weighted by molar-refractivity contribution is 0.112. The zero-order valence-corrected chi connectivity index (χ0v) is 9.66. The second-order valence-electron chi connectivity index (χ2n) is 3.19. The van der Waals surface area contributed by atoms with E-state index in [9.17, 15) is 4.79 Å². The lowest BCUT2D eigenvalue weighted by Crippen LogP contribution is -1.90. The number of pyridine rings is 1. The predicted molar refractivity (Wildman–Crippen MR) is 65.1 cm³/mol. The molecule has 2 aromatic rings. The minimum atomic E-state index is 0.290. The minimum Gasteiger partial charge on any atom is -0.298 e. The van der Waals surface area contributed by atoms with Crippen LogP contribution in [0.1, 0.15) is 10.4 Å². The Morgan fingerprint density at radius 1 is 1.12 bits per heavy atom. The molecule has 0 N–H and O–H groups in total. The van der Waals surface area contributed by atoms with E-state index in [1.165, 1.54) is 6.07 Å². The van der Waals surface area contributed by atoms with E-state index in [0.717, 1.165) is 11.8 Å². The zero-order valence-electron chi connectivity index (χ0n) is 8.15. The number of halogens is 2. The molecule has 2 rings (SSSR count). The molecule has 0 saturated carbocycles. The fraction of sp³-hybridized carbons (Fsp3) is 0. The highest BCUT2D eigenvalue weighted by Gasteiger charge is 2.08. The fourth-order valence-corrected chi connectivity index (χ4v) is 1.85. The first-order chi connectivity index (χ1) is 7.72. The van der Waals surface area contributed by atoms with E-state index in [2.05, 4.69) is 4.98 Å². The van der Waals surface area contributed by atoms with E-state index in [1.54, 1.807) is 12.3 Å². The highest BCUT2D eigenvalue weighted by molar-refractivity contribution is 6.33. The maximum atomic E-state index is 10.9. The van der Waals surface area contributed by atoms with E-state index in [0.29, 0.717) is 16.1 Å². The molecule has 2 nitrogen and oxygen atoms in total. The van der Waals surface area contributed by atoms with E-state index in [-0.39, 0.29) is 5.15 Å². The normalized spacial score (nSPS) is 10.1. The third kappa shape index (κ3) is 2.08. The number of aldehydes is 1. The average molecular weight is 252 g/mol. The van der Waals surface area contributed by atoms with Crippen molar-refractivity contribution in [2.24, 2.45) is 0 Å². The highest BCUT2D eigenvalue weighted by atomic mass is 35.5. The molecule has 0 spiro atoms. The van der Waals surface area contributed by atoms with Gasteiger partial charge in [-0.2, -0.15) is 0 Å². The van der Waals surface area contributed by atoms with Crippen LogP contribution in [0.15, 0.2) is 36.5 Å². The van der Waals surface area contributed by atoms with Gasteiger partial charge in [0.1, 0.15) is 5.15 Å². The van der Waals surface area contributed by atoms with Crippen LogP contribution in [0.5, 0.6) is 0 Å². The lowest BCUT2D eigenvalue weighted by atomic mass is 10.0. The molecule has 0 aliphatic rings. The maximum absolute atomic E-state index is 10.9. The van der Waals surface area contributed by atoms with Crippen molar-refractivity contribution < 1.29 is 4.79 Å². The maximum Gasteiger partial charge on any atom is 0.150 e. The van der Waals surface area contributed by atoms with Gasteiger partial charge in [-0.15, -0.1) is 0 Å². The second-order valence-corrected chi connectivity index (χ2v) is 3.99. The van der Waals surface area contributed by atoms with Crippen LogP contribution in [-0.2, 0) is 0 Å². The first-order valence-electron chi connectivity index (χ1n) is 4.58. The van der Waals surface area contributed by atoms with Crippen LogP contribution in [0, 0.1) is 0 Å². The van der Waals surface area contributed by atoms with Crippen LogP contribution < -0.4 is 0 Å². The van der Waals surface area contributed by atoms with Crippen LogP contribution in [0.4, 0.5) is 0 Å². The molecule has 80 valence electrons. The van der Waals surface area contributed by atoms with Crippen LogP contribution in [0.3, 0.4) is 0 Å². The molecule has 0 radical (unpaired) electrons. The number of hydrogen-bond acceptors (Lipinski definition) is 2. The summed E-state index contributed by atoms with van der Waals surface area (Å²) < 4.78 is 0. The number of aromatic nitrogens is 1. The smallest absolute Gasteiger partial charge is 0.150 e. The van der Waals surface area contributed by atoms with Crippen LogP contribution in [0.2, 0.25) is 10.2 Å². The van der Waals surface area contributed by atoms with Crippen molar-refractivity contribution in [3.8, 4) is 11.1 Å². The van der Waals surface area contributed by atoms with Gasteiger partial charge in [0, 0.05) is 27.9 Å². The Bertz CT molecular complexity index is 540. The Morgan fingerprint density at radius 3 is 2.56 bits per heavy atom. The molecule has 0 aliphatic carbocycles. The number of carbonyl (C=O) groups excluding carboxylic acids is 1. The first kappa shape index (κ1) is 11.1. The van der Waals surface area contributed by atoms with Gasteiger partial charge in [-0.05, 0) is 12.1 Å². The Morgan fingerprint density at radius 2 is 1.88 bits per heavy atom. The van der Waals surface area contributed by atoms with Crippen molar-refractivity contribution in [2.45, 2.75) is 0 Å². The van der Waals surface area contributed by atoms with Crippen molar-refractivity contribution in [3.05, 3.63) is 52.3 Å². The van der Waals surface area contributed by atoms with Gasteiger partial charge in [-0.25, -0.2) is 4.98 Å². The molecular formula is C12H7Cl2NO. The molecule has 16 heavy (non-hydrogen) atoms. The van der Waals surface area contributed by atoms with Crippen molar-refractivity contribution in [3.63, 3.8) is 0 Å². The molecule has 0 fully saturated rings. The van der Waals surface area contributed by atoms with Crippen LogP contribution >= 0.6 is 23.2 Å². The van der Waals surface area contributed by atoms with Crippen molar-refractivity contribution in [1.29, 1.82) is 0 Å². The first-order valence-corrected chi connectivity index (χ1v) is 5.33. The summed E-state index contributed by atoms with van der Waals surface area (Å²) in [6.07, 6.45) is 2.29. The van der Waals surface area contributed by atoms with E-state index >= 15 is 0 Å². The quantitative estimate of drug-likeness (QED) is 0.599. The summed E-state index contributed by atoms with van der Waals surface area (Å²) in [5.74, 6) is 0. The van der Waals surface area contributed by atoms with Gasteiger partial charge in [0.25, 0.3) is 0 Å². The van der Waals surface area contributed by atoms with Crippen LogP contribution in [0.25, 0.3) is 11.1 Å². The number of benzene rings is 1. The molecule has 0 unspecified atom stereocenters. The Kier molecular flexibility index (Phi) is 3.22. The number of nitrogens with zero attached hydrogens (tertiary/aromatic N) is 1. The molecule has 0 amide bonds. The minimum absolute atomic E-state index is 0.290. The molecule has 0 bridgehead atoms. The third-order valence-electron chi connectivity index (χ3n) is 2.19. The van der Waals surface area contributed by atoms with Gasteiger partial charge >= 0.3 is 0 Å². The fourth-order valence-electron chi connectivity index (χ4n) is 1.45. The summed E-state index contributed by atoms with van der Waals surface area (Å²) >= 11 is 11.8. The van der Waals surface area contributed by atoms with Gasteiger partial charge in [-0.3, -0.25) is 4.79 Å². The third-order valence-corrected chi connectivity index (χ3v) is 2.73. The van der Waals surface area contributed by atoms with Gasteiger partial charge in [0.15, 0.2) is 6.29 Å². The van der Waals surface area contributed by atoms with Gasteiger partial charge in [-0.1, -0.05) is 41.4 Å². The SMILES string of the molecule is O=Cc1cc(Cl)ncc1-c1ccccc1Cl. The molecule has 0 saturated heterocycles. The lowest BCUT2D eigenvalue weighted by Gasteiger charge is -2.06. The van der Waals surface area contributed by atoms with Crippen molar-refractivity contribution in [1.82, 2.24) is 4.98 Å². The average Bonchev–Trinajstić information content (AvgIpc) is 2.30. The summed E-state index contributed by atoms with van der Waals surface area (Å²) in [5, 5.41) is 0.868. The molecular weight excluding hydrogens is 245 g/mol. The largest absolute Gasteiger partial charge is 0.298 e. The summed E-state index contributed by atoms with van der Waals surface area (Å²) in [6.45, 7) is 0. The van der Waals surface area contributed by atoms with E-state index in [4.69, 9.17) is 23.2 Å². The zero-order chi connectivity index (χ0) is 11.5. The predicted octanol–water partition coefficient (Wildman–Crippen LogP) is 3.87. The van der Waals surface area contributed by atoms with E-state index < -0.39 is 0 Å². The van der Waals surface area contributed by atoms with Crippen molar-refractivity contribution >= 4 is 29.5 Å². The monoisotopic (exact) mass is 251 g/mol. The summed E-state index contributed by atoms with van der Waals surface area (Å²) in [6, 6.07) is 8.80. The van der Waals surface area contributed by atoms with Gasteiger partial charge in [0.2, 0.25) is 0 Å². The number of hydrogen-bond donors (Lipinski definition) is 0. The summed E-state index contributed by atoms with van der Waals surface area (Å²) in [7, 11) is 0. The summed E-state index contributed by atoms with van der Waals surface area (Å²) in [4.78, 5) is 14.9. The molecule has 0 aliphatic heterocycles. The van der Waals surface area contributed by atoms with Gasteiger partial charge < -0.3 is 0 Å². The topological polar surface area (TPSA) is 30.0 Å². The Labute approximate surface area is 103 Å². The Balaban J connectivity index is 2.65. The molecule has 0 atom stereocenters. The summed E-state index contributed by atoms with van der Waals surface area (Å²) in [5.41, 5.74) is 1.94. The van der Waals surface area contributed by atoms with Gasteiger partial charge in [0.05, 0.1) is 0 Å². The standard InChI is InChI=1S/C12H7Cl2NO/c13-11-4-2-1-3-9(11)10-6-15-12(14)5-8(10)7-16/h1-7H. The van der Waals surface area contributed by atoms with Crippen molar-refractivity contribution in [2.75, 3.05) is 0 Å². The Hall–Kier alpha value is -1.38. The highest BCUT2D eigenvalue weighted by Crippen LogP contribution is 2.29. The molecule has 1 aromatic heterocycles. The molecule has 1 aromatic carbocycles. The van der Waals surface area contributed by atoms with Crippen LogP contribution in [-0.4, -0.2) is 11.3 Å². The molecule has 4 heteroatoms. The second kappa shape index (κ2) is 4.64. The number of rotatable bonds is 2.